The Kier molecular flexibility index (Phi) is 13.4. The summed E-state index contributed by atoms with van der Waals surface area (Å²) < 4.78 is 16.6. The lowest BCUT2D eigenvalue weighted by Gasteiger charge is -2.34. The molecule has 1 saturated heterocycles. The molecule has 0 radical (unpaired) electrons. The Bertz CT molecular complexity index is 585. The van der Waals surface area contributed by atoms with E-state index in [1.165, 1.54) is 5.57 Å². The summed E-state index contributed by atoms with van der Waals surface area (Å²) in [5.41, 5.74) is 1.00. The molecule has 0 atom stereocenters. The molecule has 180 valence electrons. The number of piperidine rings is 1. The maximum Gasteiger partial charge on any atom is 0.407 e. The predicted octanol–water partition coefficient (Wildman–Crippen LogP) is 3.31. The highest BCUT2D eigenvalue weighted by atomic mass is 127. The minimum atomic E-state index is -0.466. The summed E-state index contributed by atoms with van der Waals surface area (Å²) in [5.74, 6) is 0.975. The maximum atomic E-state index is 11.6. The van der Waals surface area contributed by atoms with Gasteiger partial charge < -0.3 is 29.7 Å². The Labute approximate surface area is 204 Å². The fraction of sp³-hybridized carbons (Fsp3) is 0.818. The monoisotopic (exact) mass is 552 g/mol. The second-order valence-corrected chi connectivity index (χ2v) is 8.75. The summed E-state index contributed by atoms with van der Waals surface area (Å²) in [4.78, 5) is 18.4. The third kappa shape index (κ3) is 11.9. The van der Waals surface area contributed by atoms with Crippen molar-refractivity contribution < 1.29 is 19.0 Å². The minimum absolute atomic E-state index is 0. The molecule has 0 aromatic rings. The first-order chi connectivity index (χ1) is 14.4. The van der Waals surface area contributed by atoms with Gasteiger partial charge in [-0.05, 0) is 52.9 Å². The molecule has 2 aliphatic rings. The van der Waals surface area contributed by atoms with Gasteiger partial charge in [-0.15, -0.1) is 24.0 Å². The highest BCUT2D eigenvalue weighted by Crippen LogP contribution is 2.15. The van der Waals surface area contributed by atoms with Crippen molar-refractivity contribution in [2.24, 2.45) is 4.99 Å². The van der Waals surface area contributed by atoms with Gasteiger partial charge in [-0.2, -0.15) is 0 Å². The van der Waals surface area contributed by atoms with Gasteiger partial charge in [0, 0.05) is 39.8 Å². The molecule has 0 aromatic heterocycles. The number of halogens is 1. The summed E-state index contributed by atoms with van der Waals surface area (Å²) in [6.07, 6.45) is 6.93. The van der Waals surface area contributed by atoms with E-state index in [9.17, 15) is 4.79 Å². The third-order valence-electron chi connectivity index (χ3n) is 5.08. The molecule has 0 aromatic carbocycles. The average molecular weight is 552 g/mol. The molecule has 2 N–H and O–H groups in total. The van der Waals surface area contributed by atoms with E-state index < -0.39 is 5.60 Å². The third-order valence-corrected chi connectivity index (χ3v) is 5.08. The van der Waals surface area contributed by atoms with Crippen LogP contribution < -0.4 is 10.6 Å². The first-order valence-electron chi connectivity index (χ1n) is 11.2. The lowest BCUT2D eigenvalue weighted by atomic mass is 10.1. The van der Waals surface area contributed by atoms with E-state index in [4.69, 9.17) is 14.2 Å². The standard InChI is InChI=1S/C22H40N4O4.HI/c1-22(2,3)30-21(27)25-11-5-15-29-19-7-13-26(14-8-19)20(23-4)24-12-6-18-9-16-28-17-10-18;/h9,19H,5-8,10-17H2,1-4H3,(H,23,24)(H,25,27);1H. The van der Waals surface area contributed by atoms with Crippen LogP contribution in [0.3, 0.4) is 0 Å². The van der Waals surface area contributed by atoms with Gasteiger partial charge in [0.15, 0.2) is 5.96 Å². The largest absolute Gasteiger partial charge is 0.444 e. The highest BCUT2D eigenvalue weighted by molar-refractivity contribution is 14.0. The van der Waals surface area contributed by atoms with E-state index in [0.717, 1.165) is 70.9 Å². The molecule has 2 heterocycles. The Balaban J connectivity index is 0.00000480. The zero-order chi connectivity index (χ0) is 21.8. The van der Waals surface area contributed by atoms with Gasteiger partial charge in [0.05, 0.1) is 19.3 Å². The number of rotatable bonds is 8. The number of nitrogens with one attached hydrogen (secondary N) is 2. The first kappa shape index (κ1) is 28.0. The molecular formula is C22H41IN4O4. The molecular weight excluding hydrogens is 511 g/mol. The number of ether oxygens (including phenoxy) is 3. The van der Waals surface area contributed by atoms with Crippen molar-refractivity contribution in [3.63, 3.8) is 0 Å². The van der Waals surface area contributed by atoms with E-state index in [0.29, 0.717) is 13.2 Å². The number of hydrogen-bond donors (Lipinski definition) is 2. The summed E-state index contributed by atoms with van der Waals surface area (Å²) in [7, 11) is 1.84. The van der Waals surface area contributed by atoms with Crippen LogP contribution in [0.1, 0.15) is 52.9 Å². The molecule has 2 rings (SSSR count). The second-order valence-electron chi connectivity index (χ2n) is 8.75. The highest BCUT2D eigenvalue weighted by Gasteiger charge is 2.22. The average Bonchev–Trinajstić information content (AvgIpc) is 2.71. The van der Waals surface area contributed by atoms with Crippen molar-refractivity contribution in [3.8, 4) is 0 Å². The quantitative estimate of drug-likeness (QED) is 0.158. The van der Waals surface area contributed by atoms with E-state index in [2.05, 4.69) is 26.6 Å². The Morgan fingerprint density at radius 3 is 2.61 bits per heavy atom. The summed E-state index contributed by atoms with van der Waals surface area (Å²) in [6, 6.07) is 0. The van der Waals surface area contributed by atoms with E-state index in [1.54, 1.807) is 0 Å². The number of nitrogens with zero attached hydrogens (tertiary/aromatic N) is 2. The van der Waals surface area contributed by atoms with Crippen LogP contribution >= 0.6 is 24.0 Å². The van der Waals surface area contributed by atoms with Crippen molar-refractivity contribution in [2.45, 2.75) is 64.6 Å². The van der Waals surface area contributed by atoms with E-state index in [1.807, 2.05) is 27.8 Å². The molecule has 9 heteroatoms. The number of hydrogen-bond acceptors (Lipinski definition) is 5. The number of carbonyl (C=O) groups excluding carboxylic acids is 1. The number of carbonyl (C=O) groups is 1. The molecule has 1 fully saturated rings. The van der Waals surface area contributed by atoms with Crippen LogP contribution in [0.25, 0.3) is 0 Å². The van der Waals surface area contributed by atoms with E-state index in [-0.39, 0.29) is 36.2 Å². The van der Waals surface area contributed by atoms with Crippen LogP contribution in [0.4, 0.5) is 4.79 Å². The molecule has 8 nitrogen and oxygen atoms in total. The molecule has 0 saturated carbocycles. The smallest absolute Gasteiger partial charge is 0.407 e. The lowest BCUT2D eigenvalue weighted by molar-refractivity contribution is 0.0170. The molecule has 31 heavy (non-hydrogen) atoms. The van der Waals surface area contributed by atoms with Crippen LogP contribution in [0.15, 0.2) is 16.6 Å². The Hall–Kier alpha value is -1.07. The van der Waals surface area contributed by atoms with Crippen molar-refractivity contribution in [2.75, 3.05) is 53.0 Å². The fourth-order valence-corrected chi connectivity index (χ4v) is 3.52. The normalized spacial score (nSPS) is 18.1. The van der Waals surface area contributed by atoms with Gasteiger partial charge in [0.25, 0.3) is 0 Å². The Morgan fingerprint density at radius 1 is 1.26 bits per heavy atom. The van der Waals surface area contributed by atoms with Gasteiger partial charge >= 0.3 is 6.09 Å². The van der Waals surface area contributed by atoms with Gasteiger partial charge in [0.1, 0.15) is 5.60 Å². The van der Waals surface area contributed by atoms with Gasteiger partial charge in [0.2, 0.25) is 0 Å². The van der Waals surface area contributed by atoms with Crippen LogP contribution in [0.5, 0.6) is 0 Å². The summed E-state index contributed by atoms with van der Waals surface area (Å²) in [6.45, 7) is 11.1. The number of alkyl carbamates (subject to hydrolysis) is 1. The van der Waals surface area contributed by atoms with Crippen LogP contribution in [-0.2, 0) is 14.2 Å². The minimum Gasteiger partial charge on any atom is -0.444 e. The zero-order valence-corrected chi connectivity index (χ0v) is 21.9. The maximum absolute atomic E-state index is 11.6. The number of aliphatic imine (C=N–C) groups is 1. The fourth-order valence-electron chi connectivity index (χ4n) is 3.52. The van der Waals surface area contributed by atoms with Gasteiger partial charge in [-0.25, -0.2) is 4.79 Å². The number of guanidine groups is 1. The molecule has 1 amide bonds. The lowest BCUT2D eigenvalue weighted by Crippen LogP contribution is -2.47. The van der Waals surface area contributed by atoms with Crippen molar-refractivity contribution in [3.05, 3.63) is 11.6 Å². The van der Waals surface area contributed by atoms with Crippen LogP contribution in [-0.4, -0.2) is 81.7 Å². The van der Waals surface area contributed by atoms with E-state index >= 15 is 0 Å². The summed E-state index contributed by atoms with van der Waals surface area (Å²) >= 11 is 0. The van der Waals surface area contributed by atoms with Crippen molar-refractivity contribution >= 4 is 36.0 Å². The SMILES string of the molecule is CN=C(NCCC1=CCOCC1)N1CCC(OCCCNC(=O)OC(C)(C)C)CC1.I. The molecule has 0 unspecified atom stereocenters. The number of amides is 1. The van der Waals surface area contributed by atoms with Gasteiger partial charge in [-0.1, -0.05) is 11.6 Å². The molecule has 2 aliphatic heterocycles. The summed E-state index contributed by atoms with van der Waals surface area (Å²) in [5, 5.41) is 6.25. The van der Waals surface area contributed by atoms with Crippen molar-refractivity contribution in [1.82, 2.24) is 15.5 Å². The second kappa shape index (κ2) is 14.9. The van der Waals surface area contributed by atoms with Crippen LogP contribution in [0, 0.1) is 0 Å². The topological polar surface area (TPSA) is 84.4 Å². The van der Waals surface area contributed by atoms with Crippen molar-refractivity contribution in [1.29, 1.82) is 0 Å². The molecule has 0 aliphatic carbocycles. The zero-order valence-electron chi connectivity index (χ0n) is 19.6. The molecule has 0 bridgehead atoms. The Morgan fingerprint density at radius 2 is 2.00 bits per heavy atom. The number of likely N-dealkylation sites (tertiary alicyclic amines) is 1. The molecule has 0 spiro atoms. The van der Waals surface area contributed by atoms with Gasteiger partial charge in [-0.3, -0.25) is 4.99 Å². The predicted molar refractivity (Wildman–Crippen MR) is 134 cm³/mol. The first-order valence-corrected chi connectivity index (χ1v) is 11.2. The van der Waals surface area contributed by atoms with Crippen LogP contribution in [0.2, 0.25) is 0 Å².